The highest BCUT2D eigenvalue weighted by Gasteiger charge is 2.15. The highest BCUT2D eigenvalue weighted by Crippen LogP contribution is 2.20. The predicted octanol–water partition coefficient (Wildman–Crippen LogP) is 2.16. The van der Waals surface area contributed by atoms with Crippen LogP contribution in [0.3, 0.4) is 0 Å². The van der Waals surface area contributed by atoms with Gasteiger partial charge in [0.2, 0.25) is 0 Å². The maximum atomic E-state index is 11.7. The third kappa shape index (κ3) is 5.09. The van der Waals surface area contributed by atoms with Crippen molar-refractivity contribution in [1.82, 2.24) is 5.32 Å². The van der Waals surface area contributed by atoms with E-state index in [4.69, 9.17) is 21.4 Å². The third-order valence-corrected chi connectivity index (χ3v) is 3.27. The van der Waals surface area contributed by atoms with Gasteiger partial charge in [0.05, 0.1) is 12.6 Å². The van der Waals surface area contributed by atoms with Gasteiger partial charge in [-0.25, -0.2) is 0 Å². The molecule has 0 aromatic heterocycles. The molecule has 0 aliphatic rings. The number of benzene rings is 1. The largest absolute Gasteiger partial charge is 0.484 e. The lowest BCUT2D eigenvalue weighted by molar-refractivity contribution is -0.124. The molecule has 5 heteroatoms. The first-order valence-electron chi connectivity index (χ1n) is 6.23. The molecule has 0 spiro atoms. The van der Waals surface area contributed by atoms with Gasteiger partial charge < -0.3 is 15.2 Å². The number of rotatable bonds is 6. The fraction of sp³-hybridized carbons (Fsp3) is 0.500. The number of carbonyl (C=O) groups excluding carboxylic acids is 1. The fourth-order valence-corrected chi connectivity index (χ4v) is 1.64. The molecular weight excluding hydrogens is 266 g/mol. The van der Waals surface area contributed by atoms with Gasteiger partial charge >= 0.3 is 0 Å². The Labute approximate surface area is 118 Å². The van der Waals surface area contributed by atoms with Crippen LogP contribution in [0.5, 0.6) is 5.75 Å². The van der Waals surface area contributed by atoms with Crippen LogP contribution in [0.1, 0.15) is 19.4 Å². The first-order valence-corrected chi connectivity index (χ1v) is 6.61. The Balaban J connectivity index is 2.47. The average Bonchev–Trinajstić information content (AvgIpc) is 2.37. The van der Waals surface area contributed by atoms with Crippen LogP contribution in [0.2, 0.25) is 5.02 Å². The van der Waals surface area contributed by atoms with Gasteiger partial charge in [-0.2, -0.15) is 0 Å². The maximum absolute atomic E-state index is 11.7. The van der Waals surface area contributed by atoms with Crippen LogP contribution < -0.4 is 10.1 Å². The second-order valence-electron chi connectivity index (χ2n) is 4.80. The summed E-state index contributed by atoms with van der Waals surface area (Å²) in [6.07, 6.45) is 0. The van der Waals surface area contributed by atoms with Crippen molar-refractivity contribution < 1.29 is 14.6 Å². The monoisotopic (exact) mass is 285 g/mol. The van der Waals surface area contributed by atoms with Gasteiger partial charge in [-0.1, -0.05) is 25.4 Å². The van der Waals surface area contributed by atoms with E-state index in [1.54, 1.807) is 18.2 Å². The molecule has 1 aromatic carbocycles. The average molecular weight is 286 g/mol. The number of aryl methyl sites for hydroxylation is 1. The Morgan fingerprint density at radius 1 is 1.47 bits per heavy atom. The van der Waals surface area contributed by atoms with Crippen molar-refractivity contribution in [3.8, 4) is 5.75 Å². The molecule has 1 unspecified atom stereocenters. The Bertz CT molecular complexity index is 435. The third-order valence-electron chi connectivity index (χ3n) is 2.85. The first-order chi connectivity index (χ1) is 8.93. The minimum absolute atomic E-state index is 0.0791. The van der Waals surface area contributed by atoms with E-state index >= 15 is 0 Å². The molecule has 0 saturated carbocycles. The van der Waals surface area contributed by atoms with E-state index in [1.807, 2.05) is 20.8 Å². The second-order valence-corrected chi connectivity index (χ2v) is 5.21. The molecule has 0 saturated heterocycles. The molecule has 0 bridgehead atoms. The molecule has 1 aromatic rings. The molecule has 0 heterocycles. The minimum atomic E-state index is -0.250. The molecule has 2 N–H and O–H groups in total. The van der Waals surface area contributed by atoms with Crippen LogP contribution in [0.4, 0.5) is 0 Å². The topological polar surface area (TPSA) is 58.6 Å². The van der Waals surface area contributed by atoms with E-state index in [9.17, 15) is 4.79 Å². The van der Waals surface area contributed by atoms with Gasteiger partial charge in [-0.3, -0.25) is 4.79 Å². The van der Waals surface area contributed by atoms with Crippen molar-refractivity contribution in [1.29, 1.82) is 0 Å². The standard InChI is InChI=1S/C14H20ClNO3/c1-9(2)13(7-17)16-14(18)8-19-11-4-5-12(15)10(3)6-11/h4-6,9,13,17H,7-8H2,1-3H3,(H,16,18). The Kier molecular flexibility index (Phi) is 6.12. The van der Waals surface area contributed by atoms with Gasteiger partial charge in [-0.15, -0.1) is 0 Å². The lowest BCUT2D eigenvalue weighted by Gasteiger charge is -2.19. The van der Waals surface area contributed by atoms with Gasteiger partial charge in [0.1, 0.15) is 5.75 Å². The summed E-state index contributed by atoms with van der Waals surface area (Å²) < 4.78 is 5.38. The molecule has 0 aliphatic carbocycles. The summed E-state index contributed by atoms with van der Waals surface area (Å²) in [5.74, 6) is 0.522. The zero-order valence-electron chi connectivity index (χ0n) is 11.4. The van der Waals surface area contributed by atoms with Gasteiger partial charge in [-0.05, 0) is 36.6 Å². The van der Waals surface area contributed by atoms with Crippen LogP contribution >= 0.6 is 11.6 Å². The minimum Gasteiger partial charge on any atom is -0.484 e. The number of halogens is 1. The number of amides is 1. The molecule has 19 heavy (non-hydrogen) atoms. The van der Waals surface area contributed by atoms with Crippen molar-refractivity contribution in [3.05, 3.63) is 28.8 Å². The molecule has 1 atom stereocenters. The maximum Gasteiger partial charge on any atom is 0.258 e. The smallest absolute Gasteiger partial charge is 0.258 e. The predicted molar refractivity (Wildman–Crippen MR) is 75.5 cm³/mol. The summed E-state index contributed by atoms with van der Waals surface area (Å²) in [4.78, 5) is 11.7. The van der Waals surface area contributed by atoms with E-state index in [2.05, 4.69) is 5.32 Å². The SMILES string of the molecule is Cc1cc(OCC(=O)NC(CO)C(C)C)ccc1Cl. The highest BCUT2D eigenvalue weighted by molar-refractivity contribution is 6.31. The number of ether oxygens (including phenoxy) is 1. The number of aliphatic hydroxyl groups excluding tert-OH is 1. The summed E-state index contributed by atoms with van der Waals surface area (Å²) in [5.41, 5.74) is 0.898. The van der Waals surface area contributed by atoms with Crippen LogP contribution in [0, 0.1) is 12.8 Å². The molecule has 0 aliphatic heterocycles. The van der Waals surface area contributed by atoms with Gasteiger partial charge in [0.25, 0.3) is 5.91 Å². The molecule has 1 rings (SSSR count). The fourth-order valence-electron chi connectivity index (χ4n) is 1.53. The van der Waals surface area contributed by atoms with E-state index in [0.717, 1.165) is 5.56 Å². The number of aliphatic hydroxyl groups is 1. The van der Waals surface area contributed by atoms with Crippen LogP contribution in [-0.2, 0) is 4.79 Å². The van der Waals surface area contributed by atoms with Crippen molar-refractivity contribution in [2.75, 3.05) is 13.2 Å². The first kappa shape index (κ1) is 15.8. The second kappa shape index (κ2) is 7.36. The van der Waals surface area contributed by atoms with E-state index < -0.39 is 0 Å². The Morgan fingerprint density at radius 2 is 2.16 bits per heavy atom. The lowest BCUT2D eigenvalue weighted by Crippen LogP contribution is -2.43. The summed E-state index contributed by atoms with van der Waals surface area (Å²) in [6, 6.07) is 4.98. The summed E-state index contributed by atoms with van der Waals surface area (Å²) in [6.45, 7) is 5.58. The van der Waals surface area contributed by atoms with Crippen molar-refractivity contribution >= 4 is 17.5 Å². The quantitative estimate of drug-likeness (QED) is 0.842. The normalized spacial score (nSPS) is 12.3. The van der Waals surface area contributed by atoms with E-state index in [-0.39, 0.29) is 31.1 Å². The van der Waals surface area contributed by atoms with Crippen LogP contribution in [-0.4, -0.2) is 30.3 Å². The van der Waals surface area contributed by atoms with Crippen LogP contribution in [0.15, 0.2) is 18.2 Å². The Morgan fingerprint density at radius 3 is 2.68 bits per heavy atom. The molecule has 0 radical (unpaired) electrons. The Hall–Kier alpha value is -1.26. The summed E-state index contributed by atoms with van der Waals surface area (Å²) in [7, 11) is 0. The highest BCUT2D eigenvalue weighted by atomic mass is 35.5. The van der Waals surface area contributed by atoms with Gasteiger partial charge in [0, 0.05) is 5.02 Å². The van der Waals surface area contributed by atoms with E-state index in [0.29, 0.717) is 10.8 Å². The number of hydrogen-bond acceptors (Lipinski definition) is 3. The summed E-state index contributed by atoms with van der Waals surface area (Å²) >= 11 is 5.90. The van der Waals surface area contributed by atoms with Gasteiger partial charge in [0.15, 0.2) is 6.61 Å². The molecule has 4 nitrogen and oxygen atoms in total. The molecule has 1 amide bonds. The molecule has 0 fully saturated rings. The number of nitrogens with one attached hydrogen (secondary N) is 1. The van der Waals surface area contributed by atoms with Crippen molar-refractivity contribution in [3.63, 3.8) is 0 Å². The zero-order valence-corrected chi connectivity index (χ0v) is 12.2. The number of hydrogen-bond donors (Lipinski definition) is 2. The molecule has 106 valence electrons. The summed E-state index contributed by atoms with van der Waals surface area (Å²) in [5, 5.41) is 12.5. The van der Waals surface area contributed by atoms with E-state index in [1.165, 1.54) is 0 Å². The molecular formula is C14H20ClNO3. The van der Waals surface area contributed by atoms with Crippen LogP contribution in [0.25, 0.3) is 0 Å². The van der Waals surface area contributed by atoms with Crippen molar-refractivity contribution in [2.45, 2.75) is 26.8 Å². The zero-order chi connectivity index (χ0) is 14.4. The number of carbonyl (C=O) groups is 1. The lowest BCUT2D eigenvalue weighted by atomic mass is 10.1. The van der Waals surface area contributed by atoms with Crippen molar-refractivity contribution in [2.24, 2.45) is 5.92 Å².